The molecule has 53 heavy (non-hydrogen) atoms. The molecular formula is C51H101N2+. The minimum Gasteiger partial charge on any atom is -0.234 e. The summed E-state index contributed by atoms with van der Waals surface area (Å²) in [6, 6.07) is 0. The second-order valence-electron chi connectivity index (χ2n) is 17.6. The fourth-order valence-electron chi connectivity index (χ4n) is 8.62. The molecule has 2 nitrogen and oxygen atoms in total. The van der Waals surface area contributed by atoms with Gasteiger partial charge in [0, 0.05) is 6.42 Å². The van der Waals surface area contributed by atoms with Crippen molar-refractivity contribution in [2.75, 3.05) is 0 Å². The molecule has 1 heterocycles. The van der Waals surface area contributed by atoms with Crippen LogP contribution in [-0.4, -0.2) is 4.57 Å². The van der Waals surface area contributed by atoms with E-state index in [4.69, 9.17) is 0 Å². The molecule has 0 atom stereocenters. The van der Waals surface area contributed by atoms with E-state index in [9.17, 15) is 0 Å². The molecule has 0 radical (unpaired) electrons. The normalized spacial score (nSPS) is 11.7. The van der Waals surface area contributed by atoms with Crippen LogP contribution in [0.4, 0.5) is 0 Å². The summed E-state index contributed by atoms with van der Waals surface area (Å²) < 4.78 is 5.31. The van der Waals surface area contributed by atoms with Gasteiger partial charge in [-0.15, -0.1) is 0 Å². The Morgan fingerprint density at radius 2 is 0.585 bits per heavy atom. The van der Waals surface area contributed by atoms with Crippen molar-refractivity contribution in [3.63, 3.8) is 0 Å². The molecule has 314 valence electrons. The number of nitrogens with zero attached hydrogens (tertiary/aromatic N) is 2. The van der Waals surface area contributed by atoms with E-state index in [0.717, 1.165) is 0 Å². The number of aryl methyl sites for hydroxylation is 2. The van der Waals surface area contributed by atoms with Gasteiger partial charge in [0.1, 0.15) is 12.4 Å². The molecule has 0 aliphatic carbocycles. The highest BCUT2D eigenvalue weighted by atomic mass is 15.1. The van der Waals surface area contributed by atoms with Crippen LogP contribution in [0.25, 0.3) is 0 Å². The van der Waals surface area contributed by atoms with Crippen molar-refractivity contribution in [1.29, 1.82) is 0 Å². The van der Waals surface area contributed by atoms with Crippen molar-refractivity contribution in [3.05, 3.63) is 18.2 Å². The number of aromatic nitrogens is 2. The summed E-state index contributed by atoms with van der Waals surface area (Å²) in [7, 11) is 0. The summed E-state index contributed by atoms with van der Waals surface area (Å²) in [5.41, 5.74) is 0. The lowest BCUT2D eigenvalue weighted by Crippen LogP contribution is -2.37. The minimum absolute atomic E-state index is 1.23. The zero-order valence-electron chi connectivity index (χ0n) is 37.4. The number of imidazole rings is 1. The second-order valence-corrected chi connectivity index (χ2v) is 17.6. The Labute approximate surface area is 336 Å². The van der Waals surface area contributed by atoms with Crippen LogP contribution < -0.4 is 4.57 Å². The van der Waals surface area contributed by atoms with Crippen molar-refractivity contribution >= 4 is 0 Å². The predicted molar refractivity (Wildman–Crippen MR) is 239 cm³/mol. The maximum atomic E-state index is 2.66. The maximum Gasteiger partial charge on any atom is 0.256 e. The summed E-state index contributed by atoms with van der Waals surface area (Å²) >= 11 is 0. The van der Waals surface area contributed by atoms with Crippen molar-refractivity contribution in [2.45, 2.75) is 310 Å². The fourth-order valence-corrected chi connectivity index (χ4v) is 8.62. The zero-order valence-corrected chi connectivity index (χ0v) is 37.4. The zero-order chi connectivity index (χ0) is 38.0. The van der Waals surface area contributed by atoms with Gasteiger partial charge in [-0.25, -0.2) is 9.13 Å². The predicted octanol–water partition coefficient (Wildman–Crippen LogP) is 17.8. The Bertz CT molecular complexity index is 811. The van der Waals surface area contributed by atoms with Crippen LogP contribution in [0.2, 0.25) is 0 Å². The van der Waals surface area contributed by atoms with Gasteiger partial charge in [-0.05, 0) is 32.1 Å². The van der Waals surface area contributed by atoms with Crippen LogP contribution in [0.15, 0.2) is 12.4 Å². The Balaban J connectivity index is 2.22. The molecule has 0 saturated heterocycles. The third-order valence-electron chi connectivity index (χ3n) is 12.3. The number of hydrogen-bond donors (Lipinski definition) is 0. The molecule has 2 heteroatoms. The van der Waals surface area contributed by atoms with Crippen LogP contribution in [0.1, 0.15) is 296 Å². The van der Waals surface area contributed by atoms with Gasteiger partial charge in [-0.2, -0.15) is 0 Å². The molecule has 0 spiro atoms. The average Bonchev–Trinajstić information content (AvgIpc) is 3.55. The van der Waals surface area contributed by atoms with Gasteiger partial charge in [-0.3, -0.25) is 0 Å². The molecule has 0 aliphatic heterocycles. The third-order valence-corrected chi connectivity index (χ3v) is 12.3. The first-order valence-corrected chi connectivity index (χ1v) is 25.4. The van der Waals surface area contributed by atoms with Gasteiger partial charge in [0.05, 0.1) is 13.1 Å². The molecule has 0 saturated carbocycles. The van der Waals surface area contributed by atoms with E-state index in [1.54, 1.807) is 5.82 Å². The molecule has 1 aromatic heterocycles. The summed E-state index contributed by atoms with van der Waals surface area (Å²) in [4.78, 5) is 0. The first kappa shape index (κ1) is 50.2. The molecule has 0 aromatic carbocycles. The van der Waals surface area contributed by atoms with E-state index < -0.39 is 0 Å². The molecule has 0 unspecified atom stereocenters. The van der Waals surface area contributed by atoms with Crippen LogP contribution >= 0.6 is 0 Å². The van der Waals surface area contributed by atoms with Crippen LogP contribution in [0.5, 0.6) is 0 Å². The Kier molecular flexibility index (Phi) is 40.1. The van der Waals surface area contributed by atoms with Crippen molar-refractivity contribution in [2.24, 2.45) is 0 Å². The standard InChI is InChI=1S/C51H101N2/c1-4-7-10-13-16-19-22-24-26-27-29-31-33-36-39-42-45-48-53-50-49-52(51(53)46-43-40-37-34-21-18-15-12-9-6-3)47-44-41-38-35-32-30-28-25-23-20-17-14-11-8-5-2/h49-50H,4-48H2,1-3H3/q+1. The maximum absolute atomic E-state index is 2.66. The lowest BCUT2D eigenvalue weighted by atomic mass is 10.0. The Morgan fingerprint density at radius 1 is 0.321 bits per heavy atom. The van der Waals surface area contributed by atoms with E-state index in [2.05, 4.69) is 42.3 Å². The first-order valence-electron chi connectivity index (χ1n) is 25.4. The topological polar surface area (TPSA) is 8.81 Å². The molecule has 0 bridgehead atoms. The highest BCUT2D eigenvalue weighted by Crippen LogP contribution is 2.17. The molecule has 0 N–H and O–H groups in total. The first-order chi connectivity index (χ1) is 26.3. The third kappa shape index (κ3) is 34.2. The van der Waals surface area contributed by atoms with Crippen molar-refractivity contribution in [1.82, 2.24) is 4.57 Å². The lowest BCUT2D eigenvalue weighted by molar-refractivity contribution is -0.704. The molecule has 0 amide bonds. The summed E-state index contributed by atoms with van der Waals surface area (Å²) in [6.07, 6.45) is 66.8. The second kappa shape index (κ2) is 42.4. The van der Waals surface area contributed by atoms with E-state index in [0.29, 0.717) is 0 Å². The minimum atomic E-state index is 1.23. The van der Waals surface area contributed by atoms with E-state index in [-0.39, 0.29) is 0 Å². The number of rotatable bonds is 45. The van der Waals surface area contributed by atoms with E-state index in [1.165, 1.54) is 289 Å². The number of unbranched alkanes of at least 4 members (excludes halogenated alkanes) is 39. The molecule has 0 fully saturated rings. The van der Waals surface area contributed by atoms with Crippen LogP contribution in [0.3, 0.4) is 0 Å². The molecule has 0 aliphatic rings. The highest BCUT2D eigenvalue weighted by molar-refractivity contribution is 4.84. The summed E-state index contributed by atoms with van der Waals surface area (Å²) in [5, 5.41) is 0. The smallest absolute Gasteiger partial charge is 0.234 e. The van der Waals surface area contributed by atoms with Gasteiger partial charge in [0.2, 0.25) is 0 Å². The monoisotopic (exact) mass is 742 g/mol. The highest BCUT2D eigenvalue weighted by Gasteiger charge is 2.16. The quantitative estimate of drug-likeness (QED) is 0.0465. The van der Waals surface area contributed by atoms with Crippen LogP contribution in [-0.2, 0) is 19.5 Å². The summed E-state index contributed by atoms with van der Waals surface area (Å²) in [6.45, 7) is 9.42. The molecule has 1 rings (SSSR count). The molecular weight excluding hydrogens is 641 g/mol. The Hall–Kier alpha value is -0.790. The van der Waals surface area contributed by atoms with Gasteiger partial charge >= 0.3 is 0 Å². The van der Waals surface area contributed by atoms with Crippen molar-refractivity contribution < 1.29 is 4.57 Å². The van der Waals surface area contributed by atoms with Crippen LogP contribution in [0, 0.1) is 0 Å². The van der Waals surface area contributed by atoms with Gasteiger partial charge in [0.15, 0.2) is 0 Å². The number of hydrogen-bond acceptors (Lipinski definition) is 0. The van der Waals surface area contributed by atoms with Gasteiger partial charge < -0.3 is 0 Å². The summed E-state index contributed by atoms with van der Waals surface area (Å²) in [5.74, 6) is 1.63. The van der Waals surface area contributed by atoms with Gasteiger partial charge in [-0.1, -0.05) is 258 Å². The fraction of sp³-hybridized carbons (Fsp3) is 0.941. The lowest BCUT2D eigenvalue weighted by Gasteiger charge is -2.07. The van der Waals surface area contributed by atoms with Crippen molar-refractivity contribution in [3.8, 4) is 0 Å². The molecule has 1 aromatic rings. The van der Waals surface area contributed by atoms with E-state index >= 15 is 0 Å². The average molecular weight is 742 g/mol. The Morgan fingerprint density at radius 3 is 0.906 bits per heavy atom. The largest absolute Gasteiger partial charge is 0.256 e. The van der Waals surface area contributed by atoms with E-state index in [1.807, 2.05) is 0 Å². The SMILES string of the molecule is CCCCCCCCCCCCCCCCCCC[n+]1ccn(CCCCCCCCCCCCCCCCC)c1CCCCCCCCCCCC. The van der Waals surface area contributed by atoms with Gasteiger partial charge in [0.25, 0.3) is 5.82 Å².